The van der Waals surface area contributed by atoms with Crippen molar-refractivity contribution in [2.45, 2.75) is 29.7 Å². The van der Waals surface area contributed by atoms with Gasteiger partial charge in [-0.1, -0.05) is 41.4 Å². The van der Waals surface area contributed by atoms with Gasteiger partial charge in [0.1, 0.15) is 12.3 Å². The number of benzene rings is 3. The van der Waals surface area contributed by atoms with Gasteiger partial charge < -0.3 is 9.84 Å². The van der Waals surface area contributed by atoms with Crippen LogP contribution in [-0.4, -0.2) is 37.5 Å². The molecule has 0 unspecified atom stereocenters. The van der Waals surface area contributed by atoms with Gasteiger partial charge in [-0.05, 0) is 78.4 Å². The summed E-state index contributed by atoms with van der Waals surface area (Å²) in [5, 5.41) is 10.7. The van der Waals surface area contributed by atoms with Crippen molar-refractivity contribution in [1.82, 2.24) is 4.31 Å². The number of carboxylic acid groups (broad SMARTS) is 1. The average molecular weight is 520 g/mol. The standard InChI is InChI=1S/C25H23Cl2NO5S/c1-33-22-7-3-8-23(15-22)34(31,32)28(16-24(29)30)25(9-4-10-25)19-11-18(13-21(27)14-19)17-5-2-6-20(26)12-17/h2-3,5-8,11-15H,4,9-10,16H2,1H3,(H,29,30). The highest BCUT2D eigenvalue weighted by Gasteiger charge is 2.50. The summed E-state index contributed by atoms with van der Waals surface area (Å²) in [7, 11) is -2.74. The summed E-state index contributed by atoms with van der Waals surface area (Å²) < 4.78 is 33.9. The van der Waals surface area contributed by atoms with Crippen molar-refractivity contribution in [3.63, 3.8) is 0 Å². The molecule has 1 aliphatic rings. The summed E-state index contributed by atoms with van der Waals surface area (Å²) in [6.45, 7) is -0.682. The van der Waals surface area contributed by atoms with Crippen LogP contribution in [0.4, 0.5) is 0 Å². The molecule has 1 N–H and O–H groups in total. The molecule has 0 aliphatic heterocycles. The van der Waals surface area contributed by atoms with Crippen LogP contribution < -0.4 is 4.74 Å². The van der Waals surface area contributed by atoms with Crippen LogP contribution in [0.5, 0.6) is 5.75 Å². The number of hydrogen-bond donors (Lipinski definition) is 1. The van der Waals surface area contributed by atoms with E-state index in [2.05, 4.69) is 0 Å². The van der Waals surface area contributed by atoms with Gasteiger partial charge in [-0.15, -0.1) is 0 Å². The van der Waals surface area contributed by atoms with Gasteiger partial charge in [0.15, 0.2) is 0 Å². The number of hydrogen-bond acceptors (Lipinski definition) is 4. The number of carboxylic acids is 1. The lowest BCUT2D eigenvalue weighted by molar-refractivity contribution is -0.139. The van der Waals surface area contributed by atoms with E-state index in [4.69, 9.17) is 27.9 Å². The second-order valence-electron chi connectivity index (χ2n) is 8.21. The topological polar surface area (TPSA) is 83.9 Å². The molecule has 4 rings (SSSR count). The zero-order valence-corrected chi connectivity index (χ0v) is 20.7. The van der Waals surface area contributed by atoms with E-state index in [1.165, 1.54) is 19.2 Å². The summed E-state index contributed by atoms with van der Waals surface area (Å²) in [6, 6.07) is 18.7. The van der Waals surface area contributed by atoms with Crippen molar-refractivity contribution in [2.24, 2.45) is 0 Å². The molecule has 178 valence electrons. The first-order valence-corrected chi connectivity index (χ1v) is 12.8. The van der Waals surface area contributed by atoms with E-state index < -0.39 is 28.1 Å². The van der Waals surface area contributed by atoms with Crippen LogP contribution >= 0.6 is 23.2 Å². The molecule has 9 heteroatoms. The molecule has 0 amide bonds. The van der Waals surface area contributed by atoms with Crippen LogP contribution in [-0.2, 0) is 20.4 Å². The van der Waals surface area contributed by atoms with Crippen LogP contribution in [0.1, 0.15) is 24.8 Å². The zero-order valence-electron chi connectivity index (χ0n) is 18.4. The molecule has 6 nitrogen and oxygen atoms in total. The molecule has 0 spiro atoms. The number of aliphatic carboxylic acids is 1. The highest BCUT2D eigenvalue weighted by molar-refractivity contribution is 7.89. The Labute approximate surface area is 208 Å². The summed E-state index contributed by atoms with van der Waals surface area (Å²) in [5.74, 6) is -0.875. The third kappa shape index (κ3) is 4.66. The Hall–Kier alpha value is -2.58. The van der Waals surface area contributed by atoms with Crippen LogP contribution in [0.2, 0.25) is 10.0 Å². The maximum Gasteiger partial charge on any atom is 0.318 e. The van der Waals surface area contributed by atoms with Gasteiger partial charge in [-0.3, -0.25) is 4.79 Å². The van der Waals surface area contributed by atoms with Crippen LogP contribution in [0.15, 0.2) is 71.6 Å². The second-order valence-corrected chi connectivity index (χ2v) is 10.9. The SMILES string of the molecule is COc1cccc(S(=O)(=O)N(CC(=O)O)C2(c3cc(Cl)cc(-c4cccc(Cl)c4)c3)CCC2)c1. The first kappa shape index (κ1) is 24.5. The highest BCUT2D eigenvalue weighted by Crippen LogP contribution is 2.50. The second kappa shape index (κ2) is 9.58. The number of sulfonamides is 1. The average Bonchev–Trinajstić information content (AvgIpc) is 2.77. The monoisotopic (exact) mass is 519 g/mol. The third-order valence-corrected chi connectivity index (χ3v) is 8.52. The van der Waals surface area contributed by atoms with E-state index in [1.54, 1.807) is 36.4 Å². The summed E-state index contributed by atoms with van der Waals surface area (Å²) in [6.07, 6.45) is 1.69. The summed E-state index contributed by atoms with van der Waals surface area (Å²) >= 11 is 12.6. The molecule has 34 heavy (non-hydrogen) atoms. The van der Waals surface area contributed by atoms with Gasteiger partial charge >= 0.3 is 5.97 Å². The van der Waals surface area contributed by atoms with E-state index >= 15 is 0 Å². The maximum absolute atomic E-state index is 13.8. The van der Waals surface area contributed by atoms with Gasteiger partial charge in [0.05, 0.1) is 17.5 Å². The molecule has 0 radical (unpaired) electrons. The van der Waals surface area contributed by atoms with Gasteiger partial charge in [0, 0.05) is 16.1 Å². The quantitative estimate of drug-likeness (QED) is 0.405. The van der Waals surface area contributed by atoms with Gasteiger partial charge in [0.2, 0.25) is 10.0 Å². The van der Waals surface area contributed by atoms with Gasteiger partial charge in [0.25, 0.3) is 0 Å². The molecule has 1 fully saturated rings. The normalized spacial score (nSPS) is 15.1. The molecule has 0 heterocycles. The first-order chi connectivity index (χ1) is 16.2. The minimum absolute atomic E-state index is 0.0310. The molecule has 0 saturated heterocycles. The summed E-state index contributed by atoms with van der Waals surface area (Å²) in [5.41, 5.74) is 1.20. The fourth-order valence-electron chi connectivity index (χ4n) is 4.36. The molecular formula is C25H23Cl2NO5S. The molecule has 0 aromatic heterocycles. The van der Waals surface area contributed by atoms with Gasteiger partial charge in [-0.25, -0.2) is 8.42 Å². The van der Waals surface area contributed by atoms with Crippen molar-refractivity contribution >= 4 is 39.2 Å². The fraction of sp³-hybridized carbons (Fsp3) is 0.240. The Morgan fingerprint density at radius 3 is 2.32 bits per heavy atom. The molecule has 1 aliphatic carbocycles. The zero-order chi connectivity index (χ0) is 24.5. The predicted octanol–water partition coefficient (Wildman–Crippen LogP) is 5.82. The third-order valence-electron chi connectivity index (χ3n) is 6.16. The van der Waals surface area contributed by atoms with Crippen LogP contribution in [0.3, 0.4) is 0 Å². The molecular weight excluding hydrogens is 497 g/mol. The maximum atomic E-state index is 13.8. The van der Waals surface area contributed by atoms with E-state index in [-0.39, 0.29) is 4.90 Å². The lowest BCUT2D eigenvalue weighted by Crippen LogP contribution is -2.55. The predicted molar refractivity (Wildman–Crippen MR) is 132 cm³/mol. The van der Waals surface area contributed by atoms with Crippen molar-refractivity contribution in [3.05, 3.63) is 82.3 Å². The summed E-state index contributed by atoms with van der Waals surface area (Å²) in [4.78, 5) is 11.8. The largest absolute Gasteiger partial charge is 0.497 e. The number of halogens is 2. The number of carbonyl (C=O) groups is 1. The van der Waals surface area contributed by atoms with E-state index in [9.17, 15) is 18.3 Å². The van der Waals surface area contributed by atoms with E-state index in [1.807, 2.05) is 18.2 Å². The molecule has 1 saturated carbocycles. The Bertz CT molecular complexity index is 1340. The Kier molecular flexibility index (Phi) is 6.92. The Balaban J connectivity index is 1.87. The number of methoxy groups -OCH3 is 1. The molecule has 0 atom stereocenters. The molecule has 3 aromatic carbocycles. The van der Waals surface area contributed by atoms with Crippen molar-refractivity contribution in [1.29, 1.82) is 0 Å². The van der Waals surface area contributed by atoms with E-state index in [0.29, 0.717) is 34.2 Å². The number of rotatable bonds is 8. The Morgan fingerprint density at radius 2 is 1.71 bits per heavy atom. The lowest BCUT2D eigenvalue weighted by atomic mass is 9.71. The fourth-order valence-corrected chi connectivity index (χ4v) is 6.59. The van der Waals surface area contributed by atoms with E-state index in [0.717, 1.165) is 21.9 Å². The van der Waals surface area contributed by atoms with Crippen LogP contribution in [0, 0.1) is 0 Å². The van der Waals surface area contributed by atoms with Crippen molar-refractivity contribution < 1.29 is 23.1 Å². The number of nitrogens with zero attached hydrogens (tertiary/aromatic N) is 1. The molecule has 0 bridgehead atoms. The number of ether oxygens (including phenoxy) is 1. The minimum Gasteiger partial charge on any atom is -0.497 e. The molecule has 3 aromatic rings. The van der Waals surface area contributed by atoms with Crippen LogP contribution in [0.25, 0.3) is 11.1 Å². The highest BCUT2D eigenvalue weighted by atomic mass is 35.5. The first-order valence-electron chi connectivity index (χ1n) is 10.6. The van der Waals surface area contributed by atoms with Crippen molar-refractivity contribution in [3.8, 4) is 16.9 Å². The van der Waals surface area contributed by atoms with Crippen molar-refractivity contribution in [2.75, 3.05) is 13.7 Å². The smallest absolute Gasteiger partial charge is 0.318 e. The Morgan fingerprint density at radius 1 is 1.00 bits per heavy atom. The van der Waals surface area contributed by atoms with Gasteiger partial charge in [-0.2, -0.15) is 4.31 Å². The minimum atomic E-state index is -4.18. The lowest BCUT2D eigenvalue weighted by Gasteiger charge is -2.49.